The van der Waals surface area contributed by atoms with Crippen LogP contribution in [-0.2, 0) is 16.6 Å². The molecule has 0 radical (unpaired) electrons. The first-order valence-electron chi connectivity index (χ1n) is 8.44. The third kappa shape index (κ3) is 5.04. The van der Waals surface area contributed by atoms with Crippen LogP contribution < -0.4 is 20.1 Å². The molecule has 8 nitrogen and oxygen atoms in total. The molecule has 1 aromatic carbocycles. The maximum atomic E-state index is 12.1. The molecule has 9 heteroatoms. The van der Waals surface area contributed by atoms with Gasteiger partial charge in [-0.2, -0.15) is 5.10 Å². The Bertz CT molecular complexity index is 921. The SMILES string of the molecule is COc1cc(/C=C/C(=O)NCC(=O)Nc2c(C)nn(C)c2C)cc(Cl)c1OC. The number of carbonyl (C=O) groups excluding carboxylic acids is 2. The maximum Gasteiger partial charge on any atom is 0.244 e. The summed E-state index contributed by atoms with van der Waals surface area (Å²) < 4.78 is 12.1. The summed E-state index contributed by atoms with van der Waals surface area (Å²) >= 11 is 6.14. The minimum Gasteiger partial charge on any atom is -0.493 e. The number of nitrogens with zero attached hydrogens (tertiary/aromatic N) is 2. The largest absolute Gasteiger partial charge is 0.493 e. The molecule has 0 bridgehead atoms. The quantitative estimate of drug-likeness (QED) is 0.689. The van der Waals surface area contributed by atoms with Gasteiger partial charge in [-0.15, -0.1) is 0 Å². The number of ether oxygens (including phenoxy) is 2. The molecule has 2 aromatic rings. The molecule has 0 fully saturated rings. The molecule has 0 saturated carbocycles. The molecule has 0 aliphatic carbocycles. The van der Waals surface area contributed by atoms with E-state index in [0.717, 1.165) is 5.69 Å². The van der Waals surface area contributed by atoms with E-state index in [1.807, 2.05) is 6.92 Å². The van der Waals surface area contributed by atoms with Gasteiger partial charge in [0, 0.05) is 13.1 Å². The Morgan fingerprint density at radius 2 is 1.96 bits per heavy atom. The summed E-state index contributed by atoms with van der Waals surface area (Å²) in [5.74, 6) is 0.121. The standard InChI is InChI=1S/C19H23ClN4O4/c1-11-18(12(2)24(3)23-11)22-17(26)10-21-16(25)7-6-13-8-14(20)19(28-5)15(9-13)27-4/h6-9H,10H2,1-5H3,(H,21,25)(H,22,26)/b7-6+. The predicted octanol–water partition coefficient (Wildman–Crippen LogP) is 2.48. The number of aromatic nitrogens is 2. The van der Waals surface area contributed by atoms with Crippen molar-refractivity contribution in [3.05, 3.63) is 40.2 Å². The van der Waals surface area contributed by atoms with Gasteiger partial charge in [-0.3, -0.25) is 14.3 Å². The number of aryl methyl sites for hydroxylation is 2. The number of rotatable bonds is 7. The van der Waals surface area contributed by atoms with Crippen molar-refractivity contribution in [1.82, 2.24) is 15.1 Å². The van der Waals surface area contributed by atoms with Crippen molar-refractivity contribution in [2.45, 2.75) is 13.8 Å². The van der Waals surface area contributed by atoms with E-state index < -0.39 is 5.91 Å². The fourth-order valence-electron chi connectivity index (χ4n) is 2.57. The summed E-state index contributed by atoms with van der Waals surface area (Å²) in [5.41, 5.74) is 2.86. The number of hydrogen-bond acceptors (Lipinski definition) is 5. The average Bonchev–Trinajstić information content (AvgIpc) is 2.90. The maximum absolute atomic E-state index is 12.1. The third-order valence-corrected chi connectivity index (χ3v) is 4.36. The van der Waals surface area contributed by atoms with Crippen LogP contribution in [-0.4, -0.2) is 42.4 Å². The monoisotopic (exact) mass is 406 g/mol. The Morgan fingerprint density at radius 1 is 1.25 bits per heavy atom. The van der Waals surface area contributed by atoms with Crippen LogP contribution in [0, 0.1) is 13.8 Å². The third-order valence-electron chi connectivity index (χ3n) is 4.08. The highest BCUT2D eigenvalue weighted by Gasteiger charge is 2.13. The van der Waals surface area contributed by atoms with Gasteiger partial charge in [0.1, 0.15) is 0 Å². The van der Waals surface area contributed by atoms with Crippen LogP contribution in [0.4, 0.5) is 5.69 Å². The Labute approximate surface area is 168 Å². The topological polar surface area (TPSA) is 94.5 Å². The molecule has 0 unspecified atom stereocenters. The number of amides is 2. The summed E-state index contributed by atoms with van der Waals surface area (Å²) in [6, 6.07) is 3.34. The molecule has 0 atom stereocenters. The fourth-order valence-corrected chi connectivity index (χ4v) is 2.87. The Hall–Kier alpha value is -3.00. The van der Waals surface area contributed by atoms with E-state index in [0.29, 0.717) is 33.5 Å². The van der Waals surface area contributed by atoms with E-state index in [-0.39, 0.29) is 12.5 Å². The van der Waals surface area contributed by atoms with Gasteiger partial charge in [0.2, 0.25) is 11.8 Å². The van der Waals surface area contributed by atoms with Crippen molar-refractivity contribution in [2.75, 3.05) is 26.1 Å². The summed E-state index contributed by atoms with van der Waals surface area (Å²) in [6.45, 7) is 3.49. The molecular formula is C19H23ClN4O4. The van der Waals surface area contributed by atoms with Crippen molar-refractivity contribution in [3.8, 4) is 11.5 Å². The highest BCUT2D eigenvalue weighted by atomic mass is 35.5. The minimum atomic E-state index is -0.416. The molecule has 2 amide bonds. The molecular weight excluding hydrogens is 384 g/mol. The summed E-state index contributed by atoms with van der Waals surface area (Å²) in [4.78, 5) is 24.1. The zero-order chi connectivity index (χ0) is 20.8. The van der Waals surface area contributed by atoms with Crippen LogP contribution in [0.15, 0.2) is 18.2 Å². The predicted molar refractivity (Wildman–Crippen MR) is 108 cm³/mol. The normalized spacial score (nSPS) is 10.8. The van der Waals surface area contributed by atoms with Gasteiger partial charge >= 0.3 is 0 Å². The van der Waals surface area contributed by atoms with E-state index >= 15 is 0 Å². The number of anilines is 1. The molecule has 150 valence electrons. The Balaban J connectivity index is 1.95. The first-order chi connectivity index (χ1) is 13.3. The van der Waals surface area contributed by atoms with Crippen LogP contribution in [0.2, 0.25) is 5.02 Å². The molecule has 0 spiro atoms. The first-order valence-corrected chi connectivity index (χ1v) is 8.82. The second-order valence-electron chi connectivity index (χ2n) is 6.01. The summed E-state index contributed by atoms with van der Waals surface area (Å²) in [6.07, 6.45) is 2.88. The Kier molecular flexibility index (Phi) is 7.06. The highest BCUT2D eigenvalue weighted by Crippen LogP contribution is 2.36. The summed E-state index contributed by atoms with van der Waals surface area (Å²) in [7, 11) is 4.79. The molecule has 28 heavy (non-hydrogen) atoms. The van der Waals surface area contributed by atoms with Gasteiger partial charge in [-0.05, 0) is 37.6 Å². The second-order valence-corrected chi connectivity index (χ2v) is 6.41. The lowest BCUT2D eigenvalue weighted by Gasteiger charge is -2.10. The van der Waals surface area contributed by atoms with Gasteiger partial charge in [-0.25, -0.2) is 0 Å². The zero-order valence-corrected chi connectivity index (χ0v) is 17.2. The molecule has 0 saturated heterocycles. The highest BCUT2D eigenvalue weighted by molar-refractivity contribution is 6.32. The second kappa shape index (κ2) is 9.27. The van der Waals surface area contributed by atoms with Crippen LogP contribution in [0.3, 0.4) is 0 Å². The van der Waals surface area contributed by atoms with Gasteiger partial charge in [0.15, 0.2) is 11.5 Å². The number of nitrogens with one attached hydrogen (secondary N) is 2. The van der Waals surface area contributed by atoms with Gasteiger partial charge in [-0.1, -0.05) is 11.6 Å². The van der Waals surface area contributed by atoms with Crippen LogP contribution in [0.25, 0.3) is 6.08 Å². The number of carbonyl (C=O) groups is 2. The van der Waals surface area contributed by atoms with Crippen molar-refractivity contribution < 1.29 is 19.1 Å². The Morgan fingerprint density at radius 3 is 2.54 bits per heavy atom. The molecule has 2 N–H and O–H groups in total. The van der Waals surface area contributed by atoms with Gasteiger partial charge in [0.05, 0.1) is 42.9 Å². The molecule has 0 aliphatic heterocycles. The zero-order valence-electron chi connectivity index (χ0n) is 16.4. The summed E-state index contributed by atoms with van der Waals surface area (Å²) in [5, 5.41) is 9.88. The molecule has 1 aromatic heterocycles. The van der Waals surface area contributed by atoms with Crippen molar-refractivity contribution in [1.29, 1.82) is 0 Å². The molecule has 0 aliphatic rings. The fraction of sp³-hybridized carbons (Fsp3) is 0.316. The van der Waals surface area contributed by atoms with E-state index in [2.05, 4.69) is 15.7 Å². The van der Waals surface area contributed by atoms with Crippen LogP contribution >= 0.6 is 11.6 Å². The van der Waals surface area contributed by atoms with Crippen LogP contribution in [0.5, 0.6) is 11.5 Å². The lowest BCUT2D eigenvalue weighted by molar-refractivity contribution is -0.121. The van der Waals surface area contributed by atoms with Crippen molar-refractivity contribution >= 4 is 35.2 Å². The number of benzene rings is 1. The number of halogens is 1. The lowest BCUT2D eigenvalue weighted by Crippen LogP contribution is -2.31. The number of methoxy groups -OCH3 is 2. The lowest BCUT2D eigenvalue weighted by atomic mass is 10.2. The van der Waals surface area contributed by atoms with Crippen molar-refractivity contribution in [2.24, 2.45) is 7.05 Å². The van der Waals surface area contributed by atoms with Gasteiger partial charge in [0.25, 0.3) is 0 Å². The minimum absolute atomic E-state index is 0.163. The van der Waals surface area contributed by atoms with Crippen molar-refractivity contribution in [3.63, 3.8) is 0 Å². The van der Waals surface area contributed by atoms with E-state index in [4.69, 9.17) is 21.1 Å². The van der Waals surface area contributed by atoms with Crippen LogP contribution in [0.1, 0.15) is 17.0 Å². The van der Waals surface area contributed by atoms with Gasteiger partial charge < -0.3 is 20.1 Å². The molecule has 1 heterocycles. The van der Waals surface area contributed by atoms with E-state index in [1.165, 1.54) is 20.3 Å². The smallest absolute Gasteiger partial charge is 0.244 e. The average molecular weight is 407 g/mol. The van der Waals surface area contributed by atoms with E-state index in [1.54, 1.807) is 36.9 Å². The first kappa shape index (κ1) is 21.3. The van der Waals surface area contributed by atoms with E-state index in [9.17, 15) is 9.59 Å². The molecule has 2 rings (SSSR count). The number of hydrogen-bond donors (Lipinski definition) is 2.